The van der Waals surface area contributed by atoms with Gasteiger partial charge in [0.15, 0.2) is 0 Å². The maximum Gasteiger partial charge on any atom is 0.244 e. The van der Waals surface area contributed by atoms with Crippen LogP contribution in [0.25, 0.3) is 6.08 Å². The summed E-state index contributed by atoms with van der Waals surface area (Å²) in [4.78, 5) is 16.7. The van der Waals surface area contributed by atoms with E-state index in [4.69, 9.17) is 27.9 Å². The van der Waals surface area contributed by atoms with Crippen LogP contribution in [0.15, 0.2) is 53.2 Å². The van der Waals surface area contributed by atoms with Crippen molar-refractivity contribution in [2.24, 2.45) is 4.99 Å². The number of carbonyl (C=O) groups excluding carboxylic acids is 1. The summed E-state index contributed by atoms with van der Waals surface area (Å²) in [6.45, 7) is 0. The molecule has 2 aromatic carbocycles. The van der Waals surface area contributed by atoms with Crippen molar-refractivity contribution in [2.45, 2.75) is 5.75 Å². The summed E-state index contributed by atoms with van der Waals surface area (Å²) in [5, 5.41) is 0.759. The van der Waals surface area contributed by atoms with Crippen molar-refractivity contribution in [3.05, 3.63) is 69.3 Å². The van der Waals surface area contributed by atoms with Crippen LogP contribution in [0.1, 0.15) is 11.1 Å². The summed E-state index contributed by atoms with van der Waals surface area (Å²) in [5.74, 6) is 1.23. The molecule has 0 amide bonds. The SMILES string of the molecule is COc1c(Cl)cc(Cl)cc1C=C1N=C(SCc2ccccc2)SC1=O. The normalized spacial score (nSPS) is 15.6. The summed E-state index contributed by atoms with van der Waals surface area (Å²) in [7, 11) is 1.52. The van der Waals surface area contributed by atoms with Gasteiger partial charge in [0.25, 0.3) is 0 Å². The molecular formula is C18H13Cl2NO2S2. The number of carbonyl (C=O) groups is 1. The smallest absolute Gasteiger partial charge is 0.244 e. The van der Waals surface area contributed by atoms with E-state index in [9.17, 15) is 4.79 Å². The van der Waals surface area contributed by atoms with Crippen molar-refractivity contribution < 1.29 is 9.53 Å². The molecule has 0 aromatic heterocycles. The van der Waals surface area contributed by atoms with Crippen molar-refractivity contribution in [2.75, 3.05) is 7.11 Å². The van der Waals surface area contributed by atoms with Gasteiger partial charge in [0.05, 0.1) is 12.1 Å². The number of rotatable bonds is 4. The van der Waals surface area contributed by atoms with Crippen molar-refractivity contribution in [1.82, 2.24) is 0 Å². The lowest BCUT2D eigenvalue weighted by atomic mass is 10.1. The minimum absolute atomic E-state index is 0.103. The predicted molar refractivity (Wildman–Crippen MR) is 109 cm³/mol. The van der Waals surface area contributed by atoms with Gasteiger partial charge in [0, 0.05) is 16.3 Å². The molecule has 0 bridgehead atoms. The summed E-state index contributed by atoms with van der Waals surface area (Å²) >= 11 is 14.9. The average Bonchev–Trinajstić information content (AvgIpc) is 2.93. The van der Waals surface area contributed by atoms with Gasteiger partial charge in [-0.1, -0.05) is 65.3 Å². The fourth-order valence-electron chi connectivity index (χ4n) is 2.22. The number of nitrogens with zero attached hydrogens (tertiary/aromatic N) is 1. The van der Waals surface area contributed by atoms with Crippen LogP contribution >= 0.6 is 46.7 Å². The summed E-state index contributed by atoms with van der Waals surface area (Å²) < 4.78 is 6.03. The first-order chi connectivity index (χ1) is 12.1. The van der Waals surface area contributed by atoms with Crippen molar-refractivity contribution >= 4 is 62.3 Å². The van der Waals surface area contributed by atoms with Crippen LogP contribution in [0.2, 0.25) is 10.0 Å². The minimum atomic E-state index is -0.103. The van der Waals surface area contributed by atoms with Gasteiger partial charge in [0.1, 0.15) is 15.8 Å². The zero-order valence-electron chi connectivity index (χ0n) is 13.2. The van der Waals surface area contributed by atoms with Crippen molar-refractivity contribution in [3.63, 3.8) is 0 Å². The van der Waals surface area contributed by atoms with Crippen LogP contribution in [0.4, 0.5) is 0 Å². The van der Waals surface area contributed by atoms with Crippen molar-refractivity contribution in [3.8, 4) is 5.75 Å². The Labute approximate surface area is 164 Å². The highest BCUT2D eigenvalue weighted by Gasteiger charge is 2.23. The number of ether oxygens (including phenoxy) is 1. The Morgan fingerprint density at radius 1 is 1.24 bits per heavy atom. The van der Waals surface area contributed by atoms with Gasteiger partial charge in [-0.2, -0.15) is 0 Å². The Morgan fingerprint density at radius 3 is 2.72 bits per heavy atom. The van der Waals surface area contributed by atoms with Crippen LogP contribution in [-0.4, -0.2) is 16.6 Å². The molecule has 0 atom stereocenters. The van der Waals surface area contributed by atoms with Crippen LogP contribution in [-0.2, 0) is 10.5 Å². The number of halogens is 2. The molecule has 2 aromatic rings. The number of thioether (sulfide) groups is 2. The topological polar surface area (TPSA) is 38.7 Å². The third-order valence-electron chi connectivity index (χ3n) is 3.34. The molecule has 0 unspecified atom stereocenters. The van der Waals surface area contributed by atoms with E-state index < -0.39 is 0 Å². The monoisotopic (exact) mass is 409 g/mol. The van der Waals surface area contributed by atoms with Crippen LogP contribution in [0.3, 0.4) is 0 Å². The number of hydrogen-bond acceptors (Lipinski definition) is 5. The second kappa shape index (κ2) is 8.32. The lowest BCUT2D eigenvalue weighted by molar-refractivity contribution is -0.107. The molecule has 3 nitrogen and oxygen atoms in total. The number of methoxy groups -OCH3 is 1. The Hall–Kier alpha value is -1.40. The molecule has 25 heavy (non-hydrogen) atoms. The van der Waals surface area contributed by atoms with Crippen LogP contribution < -0.4 is 4.74 Å². The number of aliphatic imine (C=N–C) groups is 1. The molecule has 0 N–H and O–H groups in total. The molecule has 128 valence electrons. The van der Waals surface area contributed by atoms with Gasteiger partial charge in [0.2, 0.25) is 5.12 Å². The highest BCUT2D eigenvalue weighted by Crippen LogP contribution is 2.37. The largest absolute Gasteiger partial charge is 0.495 e. The molecule has 1 heterocycles. The van der Waals surface area contributed by atoms with Gasteiger partial charge in [-0.15, -0.1) is 0 Å². The molecule has 0 radical (unpaired) electrons. The van der Waals surface area contributed by atoms with Gasteiger partial charge < -0.3 is 4.74 Å². The first kappa shape index (κ1) is 18.4. The van der Waals surface area contributed by atoms with Crippen LogP contribution in [0.5, 0.6) is 5.75 Å². The van der Waals surface area contributed by atoms with E-state index in [0.717, 1.165) is 21.9 Å². The molecule has 0 spiro atoms. The molecule has 3 rings (SSSR count). The fourth-order valence-corrected chi connectivity index (χ4v) is 4.60. The zero-order valence-corrected chi connectivity index (χ0v) is 16.3. The van der Waals surface area contributed by atoms with E-state index in [-0.39, 0.29) is 5.12 Å². The first-order valence-electron chi connectivity index (χ1n) is 7.29. The third-order valence-corrected chi connectivity index (χ3v) is 5.92. The van der Waals surface area contributed by atoms with E-state index >= 15 is 0 Å². The van der Waals surface area contributed by atoms with E-state index in [1.807, 2.05) is 30.3 Å². The highest BCUT2D eigenvalue weighted by molar-refractivity contribution is 8.45. The van der Waals surface area contributed by atoms with Crippen LogP contribution in [0, 0.1) is 0 Å². The van der Waals surface area contributed by atoms with Gasteiger partial charge in [-0.05, 0) is 35.5 Å². The third kappa shape index (κ3) is 4.61. The number of hydrogen-bond donors (Lipinski definition) is 0. The summed E-state index contributed by atoms with van der Waals surface area (Å²) in [6, 6.07) is 13.3. The second-order valence-corrected chi connectivity index (χ2v) is 8.11. The fraction of sp³-hybridized carbons (Fsp3) is 0.111. The molecule has 1 aliphatic heterocycles. The maximum atomic E-state index is 12.2. The van der Waals surface area contributed by atoms with E-state index in [0.29, 0.717) is 27.1 Å². The molecule has 7 heteroatoms. The molecule has 0 saturated carbocycles. The molecule has 1 aliphatic rings. The maximum absolute atomic E-state index is 12.2. The highest BCUT2D eigenvalue weighted by atomic mass is 35.5. The molecular weight excluding hydrogens is 397 g/mol. The summed E-state index contributed by atoms with van der Waals surface area (Å²) in [6.07, 6.45) is 1.65. The summed E-state index contributed by atoms with van der Waals surface area (Å²) in [5.41, 5.74) is 2.17. The lowest BCUT2D eigenvalue weighted by Crippen LogP contribution is -1.92. The van der Waals surface area contributed by atoms with E-state index in [1.54, 1.807) is 18.2 Å². The van der Waals surface area contributed by atoms with Gasteiger partial charge in [-0.3, -0.25) is 4.79 Å². The lowest BCUT2D eigenvalue weighted by Gasteiger charge is -2.08. The second-order valence-electron chi connectivity index (χ2n) is 5.08. The molecule has 0 saturated heterocycles. The Bertz CT molecular complexity index is 867. The van der Waals surface area contributed by atoms with E-state index in [1.165, 1.54) is 24.4 Å². The predicted octanol–water partition coefficient (Wildman–Crippen LogP) is 5.91. The minimum Gasteiger partial charge on any atom is -0.495 e. The Kier molecular flexibility index (Phi) is 6.12. The average molecular weight is 410 g/mol. The molecule has 0 fully saturated rings. The Balaban J connectivity index is 1.82. The first-order valence-corrected chi connectivity index (χ1v) is 9.85. The Morgan fingerprint density at radius 2 is 2.00 bits per heavy atom. The quantitative estimate of drug-likeness (QED) is 0.588. The standard InChI is InChI=1S/C18H13Cl2NO2S2/c1-23-16-12(7-13(19)9-14(16)20)8-15-17(22)25-18(21-15)24-10-11-5-3-2-4-6-11/h2-9H,10H2,1H3. The molecule has 0 aliphatic carbocycles. The zero-order chi connectivity index (χ0) is 17.8. The number of benzene rings is 2. The van der Waals surface area contributed by atoms with Crippen molar-refractivity contribution in [1.29, 1.82) is 0 Å². The van der Waals surface area contributed by atoms with Gasteiger partial charge in [-0.25, -0.2) is 4.99 Å². The van der Waals surface area contributed by atoms with E-state index in [2.05, 4.69) is 4.99 Å². The van der Waals surface area contributed by atoms with Gasteiger partial charge >= 0.3 is 0 Å².